The zero-order valence-corrected chi connectivity index (χ0v) is 45.6. The van der Waals surface area contributed by atoms with Gasteiger partial charge in [0.1, 0.15) is 24.4 Å². The Morgan fingerprint density at radius 2 is 1.01 bits per heavy atom. The summed E-state index contributed by atoms with van der Waals surface area (Å²) < 4.78 is 17.6. The summed E-state index contributed by atoms with van der Waals surface area (Å²) in [7, 11) is 0. The van der Waals surface area contributed by atoms with Gasteiger partial charge in [-0.05, 0) is 77.0 Å². The van der Waals surface area contributed by atoms with Gasteiger partial charge in [0.25, 0.3) is 0 Å². The fourth-order valence-electron chi connectivity index (χ4n) is 9.04. The molecule has 6 N–H and O–H groups in total. The van der Waals surface area contributed by atoms with Crippen molar-refractivity contribution in [3.8, 4) is 0 Å². The first-order valence-corrected chi connectivity index (χ1v) is 29.4. The van der Waals surface area contributed by atoms with Gasteiger partial charge in [0.15, 0.2) is 12.4 Å². The average molecular weight is 1000 g/mol. The second-order valence-corrected chi connectivity index (χ2v) is 20.3. The SMILES string of the molecule is CC/C=C/C/C=C/CCCCCCCCC(O)C(=O)NC(COC1OC(CO)C(O)C(O)C1OC(=O)CCCCCCCCC/C=C/CCCCCCCC)C(O)/C=C/CCCCCCCCCCCC. The van der Waals surface area contributed by atoms with Gasteiger partial charge in [-0.15, -0.1) is 0 Å². The zero-order chi connectivity index (χ0) is 51.8. The van der Waals surface area contributed by atoms with Crippen molar-refractivity contribution in [2.45, 2.75) is 307 Å². The highest BCUT2D eigenvalue weighted by Gasteiger charge is 2.47. The van der Waals surface area contributed by atoms with Crippen molar-refractivity contribution in [3.05, 3.63) is 48.6 Å². The lowest BCUT2D eigenvalue weighted by atomic mass is 9.99. The van der Waals surface area contributed by atoms with Crippen LogP contribution >= 0.6 is 0 Å². The van der Waals surface area contributed by atoms with Crippen molar-refractivity contribution < 1.29 is 49.3 Å². The van der Waals surface area contributed by atoms with E-state index >= 15 is 0 Å². The van der Waals surface area contributed by atoms with Crippen molar-refractivity contribution in [3.63, 3.8) is 0 Å². The Morgan fingerprint density at radius 3 is 1.52 bits per heavy atom. The topological polar surface area (TPSA) is 175 Å². The van der Waals surface area contributed by atoms with E-state index in [1.807, 2.05) is 6.08 Å². The van der Waals surface area contributed by atoms with Crippen LogP contribution in [0.25, 0.3) is 0 Å². The molecule has 8 unspecified atom stereocenters. The lowest BCUT2D eigenvalue weighted by molar-refractivity contribution is -0.305. The Balaban J connectivity index is 2.71. The molecule has 1 fully saturated rings. The number of aliphatic hydroxyl groups is 5. The van der Waals surface area contributed by atoms with Crippen LogP contribution in [0.1, 0.15) is 258 Å². The standard InChI is InChI=1S/C60H109NO10/c1-4-7-10-13-16-19-22-25-26-27-28-30-33-36-39-42-45-48-55(65)71-58-57(67)56(66)54(49-62)70-60(58)69-50-51(52(63)46-43-40-37-34-31-24-21-18-15-12-9-6-3)61-59(68)53(64)47-44-41-38-35-32-29-23-20-17-14-11-8-5-2/h8,11,17,20,25-26,43,46,51-54,56-58,60,62-64,66-67H,4-7,9-10,12-16,18-19,21-24,27-42,44-45,47-50H2,1-3H3,(H,61,68)/b11-8+,20-17+,26-25+,46-43+. The van der Waals surface area contributed by atoms with Gasteiger partial charge < -0.3 is 45.1 Å². The number of nitrogens with one attached hydrogen (secondary N) is 1. The monoisotopic (exact) mass is 1000 g/mol. The molecule has 414 valence electrons. The molecular weight excluding hydrogens is 895 g/mol. The van der Waals surface area contributed by atoms with Crippen LogP contribution in [0.15, 0.2) is 48.6 Å². The van der Waals surface area contributed by atoms with E-state index in [0.29, 0.717) is 12.8 Å². The predicted molar refractivity (Wildman–Crippen MR) is 292 cm³/mol. The lowest BCUT2D eigenvalue weighted by Gasteiger charge is -2.41. The molecule has 0 radical (unpaired) electrons. The first kappa shape index (κ1) is 66.6. The van der Waals surface area contributed by atoms with Gasteiger partial charge in [0.05, 0.1) is 25.4 Å². The number of allylic oxidation sites excluding steroid dienone is 7. The molecule has 0 spiro atoms. The van der Waals surface area contributed by atoms with Gasteiger partial charge in [-0.3, -0.25) is 9.59 Å². The van der Waals surface area contributed by atoms with E-state index in [1.165, 1.54) is 109 Å². The van der Waals surface area contributed by atoms with Crippen molar-refractivity contribution in [1.29, 1.82) is 0 Å². The van der Waals surface area contributed by atoms with Crippen molar-refractivity contribution in [2.24, 2.45) is 0 Å². The molecule has 11 nitrogen and oxygen atoms in total. The largest absolute Gasteiger partial charge is 0.454 e. The summed E-state index contributed by atoms with van der Waals surface area (Å²) in [5.41, 5.74) is 0. The Labute approximate surface area is 434 Å². The van der Waals surface area contributed by atoms with E-state index in [0.717, 1.165) is 103 Å². The number of hydrogen-bond donors (Lipinski definition) is 6. The van der Waals surface area contributed by atoms with Crippen LogP contribution in [0, 0.1) is 0 Å². The molecule has 0 aromatic rings. The van der Waals surface area contributed by atoms with E-state index in [9.17, 15) is 35.1 Å². The van der Waals surface area contributed by atoms with Crippen LogP contribution in [0.4, 0.5) is 0 Å². The van der Waals surface area contributed by atoms with E-state index in [-0.39, 0.29) is 19.4 Å². The van der Waals surface area contributed by atoms with Gasteiger partial charge in [0, 0.05) is 6.42 Å². The molecule has 1 aliphatic rings. The highest BCUT2D eigenvalue weighted by Crippen LogP contribution is 2.26. The van der Waals surface area contributed by atoms with Crippen molar-refractivity contribution in [1.82, 2.24) is 5.32 Å². The van der Waals surface area contributed by atoms with Gasteiger partial charge in [-0.1, -0.05) is 223 Å². The summed E-state index contributed by atoms with van der Waals surface area (Å²) in [6, 6.07) is -1.03. The third kappa shape index (κ3) is 37.1. The lowest BCUT2D eigenvalue weighted by Crippen LogP contribution is -2.61. The van der Waals surface area contributed by atoms with Crippen LogP contribution in [-0.2, 0) is 23.8 Å². The normalized spacial score (nSPS) is 19.9. The van der Waals surface area contributed by atoms with Crippen molar-refractivity contribution >= 4 is 11.9 Å². The van der Waals surface area contributed by atoms with E-state index < -0.39 is 67.4 Å². The third-order valence-electron chi connectivity index (χ3n) is 13.7. The number of carbonyl (C=O) groups excluding carboxylic acids is 2. The Bertz CT molecular complexity index is 1340. The molecule has 1 amide bonds. The smallest absolute Gasteiger partial charge is 0.306 e. The molecule has 0 aliphatic carbocycles. The zero-order valence-electron chi connectivity index (χ0n) is 45.6. The maximum atomic E-state index is 13.4. The Hall–Kier alpha value is -2.38. The van der Waals surface area contributed by atoms with Crippen LogP contribution in [0.2, 0.25) is 0 Å². The number of unbranched alkanes of at least 4 members (excludes halogenated alkanes) is 29. The molecule has 0 aromatic heterocycles. The number of esters is 1. The van der Waals surface area contributed by atoms with Gasteiger partial charge in [-0.2, -0.15) is 0 Å². The minimum atomic E-state index is -1.61. The minimum Gasteiger partial charge on any atom is -0.454 e. The first-order chi connectivity index (χ1) is 34.7. The number of ether oxygens (including phenoxy) is 3. The van der Waals surface area contributed by atoms with Gasteiger partial charge >= 0.3 is 5.97 Å². The van der Waals surface area contributed by atoms with E-state index in [2.05, 4.69) is 62.5 Å². The maximum absolute atomic E-state index is 13.4. The summed E-state index contributed by atoms with van der Waals surface area (Å²) in [4.78, 5) is 26.5. The van der Waals surface area contributed by atoms with Gasteiger partial charge in [-0.25, -0.2) is 0 Å². The van der Waals surface area contributed by atoms with E-state index in [1.54, 1.807) is 6.08 Å². The van der Waals surface area contributed by atoms with E-state index in [4.69, 9.17) is 14.2 Å². The summed E-state index contributed by atoms with van der Waals surface area (Å²) >= 11 is 0. The van der Waals surface area contributed by atoms with Crippen LogP contribution in [0.3, 0.4) is 0 Å². The molecule has 11 heteroatoms. The molecule has 1 heterocycles. The molecule has 0 aromatic carbocycles. The fraction of sp³-hybridized carbons (Fsp3) is 0.833. The quantitative estimate of drug-likeness (QED) is 0.0195. The van der Waals surface area contributed by atoms with Crippen LogP contribution in [-0.4, -0.2) is 99.6 Å². The summed E-state index contributed by atoms with van der Waals surface area (Å²) in [6.07, 6.45) is 47.2. The van der Waals surface area contributed by atoms with Crippen molar-refractivity contribution in [2.75, 3.05) is 13.2 Å². The Kier molecular flexibility index (Phi) is 45.6. The fourth-order valence-corrected chi connectivity index (χ4v) is 9.04. The molecule has 0 saturated carbocycles. The maximum Gasteiger partial charge on any atom is 0.306 e. The Morgan fingerprint density at radius 1 is 0.563 bits per heavy atom. The molecule has 1 rings (SSSR count). The number of amides is 1. The second kappa shape index (κ2) is 48.6. The molecular formula is C60H109NO10. The second-order valence-electron chi connectivity index (χ2n) is 20.3. The summed E-state index contributed by atoms with van der Waals surface area (Å²) in [6.45, 7) is 5.66. The van der Waals surface area contributed by atoms with Crippen LogP contribution < -0.4 is 5.32 Å². The number of carbonyl (C=O) groups is 2. The predicted octanol–water partition coefficient (Wildman–Crippen LogP) is 13.3. The molecule has 1 aliphatic heterocycles. The third-order valence-corrected chi connectivity index (χ3v) is 13.7. The summed E-state index contributed by atoms with van der Waals surface area (Å²) in [5.74, 6) is -1.21. The molecule has 0 bridgehead atoms. The number of hydrogen-bond acceptors (Lipinski definition) is 10. The number of rotatable bonds is 49. The highest BCUT2D eigenvalue weighted by molar-refractivity contribution is 5.80. The minimum absolute atomic E-state index is 0.118. The van der Waals surface area contributed by atoms with Crippen LogP contribution in [0.5, 0.6) is 0 Å². The highest BCUT2D eigenvalue weighted by atomic mass is 16.7. The molecule has 1 saturated heterocycles. The molecule has 8 atom stereocenters. The first-order valence-electron chi connectivity index (χ1n) is 29.4. The summed E-state index contributed by atoms with van der Waals surface area (Å²) in [5, 5.41) is 56.8. The molecule has 71 heavy (non-hydrogen) atoms. The average Bonchev–Trinajstić information content (AvgIpc) is 3.37. The van der Waals surface area contributed by atoms with Gasteiger partial charge in [0.2, 0.25) is 5.91 Å². The number of aliphatic hydroxyl groups excluding tert-OH is 5.